The summed E-state index contributed by atoms with van der Waals surface area (Å²) in [6.07, 6.45) is -4.67. The number of carbonyl (C=O) groups excluding carboxylic acids is 1. The number of hydrogen-bond donors (Lipinski definition) is 1. The third-order valence-electron chi connectivity index (χ3n) is 4.08. The van der Waals surface area contributed by atoms with Crippen molar-refractivity contribution in [1.29, 1.82) is 0 Å². The molecular weight excluding hydrogens is 392 g/mol. The van der Waals surface area contributed by atoms with E-state index in [9.17, 15) is 32.5 Å². The number of nitro groups is 1. The maximum absolute atomic E-state index is 13.5. The van der Waals surface area contributed by atoms with Crippen molar-refractivity contribution < 1.29 is 27.3 Å². The van der Waals surface area contributed by atoms with Gasteiger partial charge in [0.1, 0.15) is 0 Å². The Morgan fingerprint density at radius 2 is 1.66 bits per heavy atom. The fourth-order valence-electron chi connectivity index (χ4n) is 2.71. The molecule has 0 bridgehead atoms. The first-order chi connectivity index (χ1) is 13.7. The lowest BCUT2D eigenvalue weighted by Gasteiger charge is -2.14. The minimum atomic E-state index is -4.67. The number of nitro benzene ring substituents is 1. The molecule has 0 aromatic heterocycles. The van der Waals surface area contributed by atoms with Crippen LogP contribution in [-0.4, -0.2) is 10.8 Å². The Morgan fingerprint density at radius 1 is 0.966 bits per heavy atom. The molecule has 1 amide bonds. The number of nitrogens with one attached hydrogen (secondary N) is 1. The van der Waals surface area contributed by atoms with Crippen LogP contribution < -0.4 is 5.32 Å². The molecule has 0 fully saturated rings. The molecule has 148 valence electrons. The second-order valence-electron chi connectivity index (χ2n) is 6.00. The summed E-state index contributed by atoms with van der Waals surface area (Å²) in [7, 11) is 0. The summed E-state index contributed by atoms with van der Waals surface area (Å²) >= 11 is 0. The van der Waals surface area contributed by atoms with Gasteiger partial charge < -0.3 is 5.32 Å². The summed E-state index contributed by atoms with van der Waals surface area (Å²) in [6, 6.07) is 13.7. The number of benzene rings is 3. The minimum Gasteiger partial charge on any atom is -0.322 e. The van der Waals surface area contributed by atoms with E-state index in [1.54, 1.807) is 30.3 Å². The first-order valence-electron chi connectivity index (χ1n) is 8.19. The third kappa shape index (κ3) is 4.40. The van der Waals surface area contributed by atoms with Gasteiger partial charge in [-0.05, 0) is 35.4 Å². The zero-order valence-corrected chi connectivity index (χ0v) is 14.5. The molecule has 3 aromatic carbocycles. The number of rotatable bonds is 4. The molecule has 0 spiro atoms. The fourth-order valence-corrected chi connectivity index (χ4v) is 2.71. The molecule has 29 heavy (non-hydrogen) atoms. The summed E-state index contributed by atoms with van der Waals surface area (Å²) in [5, 5.41) is 13.1. The summed E-state index contributed by atoms with van der Waals surface area (Å²) in [5.41, 5.74) is -1.54. The highest BCUT2D eigenvalue weighted by Gasteiger charge is 2.32. The Hall–Kier alpha value is -3.75. The van der Waals surface area contributed by atoms with Gasteiger partial charge in [-0.25, -0.2) is 0 Å². The monoisotopic (exact) mass is 404 g/mol. The zero-order chi connectivity index (χ0) is 21.2. The molecule has 0 radical (unpaired) electrons. The third-order valence-corrected chi connectivity index (χ3v) is 4.08. The lowest BCUT2D eigenvalue weighted by Crippen LogP contribution is -2.15. The van der Waals surface area contributed by atoms with E-state index in [0.717, 1.165) is 24.3 Å². The number of alkyl halides is 3. The van der Waals surface area contributed by atoms with Gasteiger partial charge in [0, 0.05) is 17.3 Å². The van der Waals surface area contributed by atoms with E-state index in [1.807, 2.05) is 0 Å². The molecule has 1 N–H and O–H groups in total. The van der Waals surface area contributed by atoms with Crippen molar-refractivity contribution in [1.82, 2.24) is 0 Å². The maximum Gasteiger partial charge on any atom is 0.416 e. The predicted molar refractivity (Wildman–Crippen MR) is 97.9 cm³/mol. The Morgan fingerprint density at radius 3 is 2.28 bits per heavy atom. The van der Waals surface area contributed by atoms with Crippen LogP contribution in [-0.2, 0) is 6.18 Å². The van der Waals surface area contributed by atoms with Gasteiger partial charge in [0.15, 0.2) is 0 Å². The number of amides is 1. The molecular formula is C20H12F4N2O3. The van der Waals surface area contributed by atoms with Crippen LogP contribution in [0.4, 0.5) is 28.9 Å². The number of carbonyl (C=O) groups is 1. The van der Waals surface area contributed by atoms with Gasteiger partial charge in [0.05, 0.1) is 10.5 Å². The lowest BCUT2D eigenvalue weighted by molar-refractivity contribution is -0.387. The minimum absolute atomic E-state index is 0.125. The van der Waals surface area contributed by atoms with E-state index in [1.165, 1.54) is 6.07 Å². The number of nitrogens with zero attached hydrogens (tertiary/aromatic N) is 1. The van der Waals surface area contributed by atoms with Crippen LogP contribution in [0.15, 0.2) is 66.7 Å². The van der Waals surface area contributed by atoms with Crippen molar-refractivity contribution >= 4 is 17.3 Å². The summed E-state index contributed by atoms with van der Waals surface area (Å²) in [5.74, 6) is -2.02. The van der Waals surface area contributed by atoms with Gasteiger partial charge in [-0.15, -0.1) is 0 Å². The molecule has 3 rings (SSSR count). The van der Waals surface area contributed by atoms with Crippen molar-refractivity contribution in [3.8, 4) is 11.1 Å². The molecule has 0 aliphatic heterocycles. The summed E-state index contributed by atoms with van der Waals surface area (Å²) in [4.78, 5) is 22.6. The van der Waals surface area contributed by atoms with Gasteiger partial charge in [-0.3, -0.25) is 14.9 Å². The maximum atomic E-state index is 13.5. The quantitative estimate of drug-likeness (QED) is 0.346. The molecule has 0 aliphatic carbocycles. The molecule has 0 unspecified atom stereocenters. The van der Waals surface area contributed by atoms with Crippen LogP contribution in [0.3, 0.4) is 0 Å². The van der Waals surface area contributed by atoms with Crippen LogP contribution in [0.1, 0.15) is 15.9 Å². The van der Waals surface area contributed by atoms with Crippen LogP contribution >= 0.6 is 0 Å². The van der Waals surface area contributed by atoms with E-state index >= 15 is 0 Å². The van der Waals surface area contributed by atoms with Crippen molar-refractivity contribution in [2.75, 3.05) is 5.32 Å². The molecule has 0 saturated carbocycles. The van der Waals surface area contributed by atoms with Gasteiger partial charge in [-0.2, -0.15) is 17.6 Å². The summed E-state index contributed by atoms with van der Waals surface area (Å²) < 4.78 is 52.9. The second-order valence-corrected chi connectivity index (χ2v) is 6.00. The van der Waals surface area contributed by atoms with Crippen LogP contribution in [0, 0.1) is 15.9 Å². The van der Waals surface area contributed by atoms with Crippen molar-refractivity contribution in [3.63, 3.8) is 0 Å². The molecule has 9 heteroatoms. The molecule has 3 aromatic rings. The molecule has 5 nitrogen and oxygen atoms in total. The highest BCUT2D eigenvalue weighted by atomic mass is 19.4. The van der Waals surface area contributed by atoms with E-state index in [0.29, 0.717) is 11.6 Å². The van der Waals surface area contributed by atoms with Gasteiger partial charge in [-0.1, -0.05) is 36.4 Å². The molecule has 0 atom stereocenters. The molecule has 0 saturated heterocycles. The molecule has 0 heterocycles. The van der Waals surface area contributed by atoms with Crippen molar-refractivity contribution in [2.24, 2.45) is 0 Å². The number of hydrogen-bond acceptors (Lipinski definition) is 3. The van der Waals surface area contributed by atoms with E-state index in [2.05, 4.69) is 5.32 Å². The van der Waals surface area contributed by atoms with Crippen LogP contribution in [0.2, 0.25) is 0 Å². The largest absolute Gasteiger partial charge is 0.416 e. The Kier molecular flexibility index (Phi) is 5.31. The first kappa shape index (κ1) is 20.0. The highest BCUT2D eigenvalue weighted by molar-refractivity contribution is 6.09. The average Bonchev–Trinajstić information content (AvgIpc) is 2.68. The zero-order valence-electron chi connectivity index (χ0n) is 14.5. The van der Waals surface area contributed by atoms with Gasteiger partial charge in [0.2, 0.25) is 5.82 Å². The van der Waals surface area contributed by atoms with Gasteiger partial charge >= 0.3 is 11.9 Å². The van der Waals surface area contributed by atoms with Gasteiger partial charge in [0.25, 0.3) is 5.91 Å². The summed E-state index contributed by atoms with van der Waals surface area (Å²) in [6.45, 7) is 0. The van der Waals surface area contributed by atoms with Crippen molar-refractivity contribution in [3.05, 3.63) is 93.8 Å². The Labute approximate surface area is 161 Å². The second kappa shape index (κ2) is 7.70. The fraction of sp³-hybridized carbons (Fsp3) is 0.0500. The van der Waals surface area contributed by atoms with Crippen LogP contribution in [0.25, 0.3) is 11.1 Å². The number of anilines is 1. The van der Waals surface area contributed by atoms with E-state index in [4.69, 9.17) is 0 Å². The Balaban J connectivity index is 2.05. The average molecular weight is 404 g/mol. The van der Waals surface area contributed by atoms with Crippen molar-refractivity contribution in [2.45, 2.75) is 6.18 Å². The SMILES string of the molecule is O=C(Nc1ccc(F)c([N+](=O)[O-])c1)c1cc(C(F)(F)F)ccc1-c1ccccc1. The van der Waals surface area contributed by atoms with Crippen LogP contribution in [0.5, 0.6) is 0 Å². The normalized spacial score (nSPS) is 11.2. The first-order valence-corrected chi connectivity index (χ1v) is 8.19. The lowest BCUT2D eigenvalue weighted by atomic mass is 9.96. The highest BCUT2D eigenvalue weighted by Crippen LogP contribution is 2.34. The smallest absolute Gasteiger partial charge is 0.322 e. The van der Waals surface area contributed by atoms with E-state index in [-0.39, 0.29) is 16.8 Å². The topological polar surface area (TPSA) is 72.2 Å². The molecule has 0 aliphatic rings. The van der Waals surface area contributed by atoms with E-state index < -0.39 is 34.1 Å². The standard InChI is InChI=1S/C20H12F4N2O3/c21-17-9-7-14(11-18(17)26(28)29)25-19(27)16-10-13(20(22,23)24)6-8-15(16)12-4-2-1-3-5-12/h1-11H,(H,25,27). The number of halogens is 4. The predicted octanol–water partition coefficient (Wildman–Crippen LogP) is 5.67. The Bertz CT molecular complexity index is 1080.